The lowest BCUT2D eigenvalue weighted by atomic mass is 10.1. The van der Waals surface area contributed by atoms with Gasteiger partial charge in [-0.05, 0) is 54.6 Å². The molecule has 0 saturated carbocycles. The number of hydrogen-bond acceptors (Lipinski definition) is 10. The maximum Gasteiger partial charge on any atom is 0.434 e. The number of carbonyl (C=O) groups excluding carboxylic acids is 1. The van der Waals surface area contributed by atoms with Gasteiger partial charge in [-0.15, -0.1) is 11.3 Å². The molecule has 8 aromatic rings. The number of nitrogens with one attached hydrogen (secondary N) is 1. The van der Waals surface area contributed by atoms with E-state index in [9.17, 15) is 35.9 Å². The number of ether oxygens (including phenoxy) is 2. The van der Waals surface area contributed by atoms with E-state index in [1.54, 1.807) is 48.0 Å². The van der Waals surface area contributed by atoms with Crippen molar-refractivity contribution in [1.29, 1.82) is 0 Å². The molecule has 0 fully saturated rings. The smallest absolute Gasteiger partial charge is 0.434 e. The Morgan fingerprint density at radius 3 is 1.74 bits per heavy atom. The number of benzene rings is 3. The van der Waals surface area contributed by atoms with E-state index >= 15 is 0 Å². The third-order valence-electron chi connectivity index (χ3n) is 8.47. The number of hydrogen-bond donors (Lipinski definition) is 2. The molecule has 0 unspecified atom stereocenters. The van der Waals surface area contributed by atoms with Crippen molar-refractivity contribution in [2.24, 2.45) is 0 Å². The number of aromatic carboxylic acids is 1. The molecule has 0 saturated heterocycles. The summed E-state index contributed by atoms with van der Waals surface area (Å²) >= 11 is 1.42. The third kappa shape index (κ3) is 7.24. The molecule has 0 aliphatic heterocycles. The van der Waals surface area contributed by atoms with E-state index in [0.717, 1.165) is 15.6 Å². The van der Waals surface area contributed by atoms with Crippen LogP contribution in [0.5, 0.6) is 11.8 Å². The van der Waals surface area contributed by atoms with Crippen LogP contribution in [0.2, 0.25) is 0 Å². The highest BCUT2D eigenvalue weighted by Gasteiger charge is 2.42. The van der Waals surface area contributed by atoms with Crippen molar-refractivity contribution in [3.63, 3.8) is 0 Å². The molecule has 8 rings (SSSR count). The minimum absolute atomic E-state index is 0.0769. The quantitative estimate of drug-likeness (QED) is 0.150. The molecule has 20 heteroatoms. The highest BCUT2D eigenvalue weighted by molar-refractivity contribution is 7.16. The van der Waals surface area contributed by atoms with E-state index in [-0.39, 0.29) is 23.1 Å². The SMILES string of the molecule is COc1nccc2c(-n3ncc(C(=O)Nc4ccc5scnc5c4)c3C(F)(F)F)cccc12.COc1nccc2c(-n3ncc(C(=O)O)c3C(F)(F)F)cccc12. The molecule has 0 spiro atoms. The van der Waals surface area contributed by atoms with Crippen molar-refractivity contribution in [3.05, 3.63) is 120 Å². The summed E-state index contributed by atoms with van der Waals surface area (Å²) in [5.74, 6) is -2.12. The van der Waals surface area contributed by atoms with E-state index < -0.39 is 46.7 Å². The zero-order valence-electron chi connectivity index (χ0n) is 29.1. The van der Waals surface area contributed by atoms with E-state index in [1.807, 2.05) is 0 Å². The molecule has 0 atom stereocenters. The van der Waals surface area contributed by atoms with Crippen molar-refractivity contribution >= 4 is 60.7 Å². The molecule has 2 N–H and O–H groups in total. The van der Waals surface area contributed by atoms with Gasteiger partial charge in [-0.25, -0.2) is 29.1 Å². The molecule has 3 aromatic carbocycles. The van der Waals surface area contributed by atoms with Crippen LogP contribution in [0.1, 0.15) is 32.1 Å². The number of alkyl halides is 6. The van der Waals surface area contributed by atoms with Crippen LogP contribution in [-0.2, 0) is 12.4 Å². The molecule has 13 nitrogen and oxygen atoms in total. The van der Waals surface area contributed by atoms with E-state index in [1.165, 1.54) is 62.2 Å². The van der Waals surface area contributed by atoms with Gasteiger partial charge in [0.05, 0.1) is 59.3 Å². The number of rotatable bonds is 7. The van der Waals surface area contributed by atoms with Gasteiger partial charge in [0.15, 0.2) is 11.4 Å². The number of carboxylic acids is 1. The van der Waals surface area contributed by atoms with Gasteiger partial charge in [-0.3, -0.25) is 4.79 Å². The molecule has 1 amide bonds. The summed E-state index contributed by atoms with van der Waals surface area (Å²) in [7, 11) is 2.82. The molecular formula is C37H24F6N8O5S. The number of fused-ring (bicyclic) bond motifs is 3. The van der Waals surface area contributed by atoms with Gasteiger partial charge in [-0.2, -0.15) is 36.5 Å². The third-order valence-corrected chi connectivity index (χ3v) is 9.28. The predicted molar refractivity (Wildman–Crippen MR) is 195 cm³/mol. The van der Waals surface area contributed by atoms with Crippen molar-refractivity contribution in [2.75, 3.05) is 19.5 Å². The van der Waals surface area contributed by atoms with Gasteiger partial charge >= 0.3 is 18.3 Å². The lowest BCUT2D eigenvalue weighted by Crippen LogP contribution is -2.20. The van der Waals surface area contributed by atoms with Crippen LogP contribution in [0.25, 0.3) is 43.1 Å². The number of amides is 1. The minimum Gasteiger partial charge on any atom is -0.481 e. The monoisotopic (exact) mass is 806 g/mol. The minimum atomic E-state index is -4.89. The Labute approximate surface area is 319 Å². The molecule has 0 bridgehead atoms. The van der Waals surface area contributed by atoms with Gasteiger partial charge < -0.3 is 19.9 Å². The number of thiazole rings is 1. The fourth-order valence-corrected chi connectivity index (χ4v) is 6.75. The van der Waals surface area contributed by atoms with E-state index in [4.69, 9.17) is 14.6 Å². The van der Waals surface area contributed by atoms with Crippen molar-refractivity contribution in [3.8, 4) is 23.1 Å². The average molecular weight is 807 g/mol. The molecule has 0 aliphatic rings. The first kappa shape index (κ1) is 38.2. The summed E-state index contributed by atoms with van der Waals surface area (Å²) in [6.45, 7) is 0. The lowest BCUT2D eigenvalue weighted by molar-refractivity contribution is -0.143. The van der Waals surface area contributed by atoms with Crippen LogP contribution >= 0.6 is 11.3 Å². The lowest BCUT2D eigenvalue weighted by Gasteiger charge is -2.15. The molecule has 290 valence electrons. The number of methoxy groups -OCH3 is 2. The summed E-state index contributed by atoms with van der Waals surface area (Å²) in [4.78, 5) is 36.2. The zero-order valence-corrected chi connectivity index (χ0v) is 29.9. The molecule has 0 aliphatic carbocycles. The highest BCUT2D eigenvalue weighted by Crippen LogP contribution is 2.38. The Bertz CT molecular complexity index is 2820. The van der Waals surface area contributed by atoms with Gasteiger partial charge in [0, 0.05) is 39.6 Å². The van der Waals surface area contributed by atoms with Crippen molar-refractivity contribution in [2.45, 2.75) is 12.4 Å². The molecular weight excluding hydrogens is 783 g/mol. The fraction of sp³-hybridized carbons (Fsp3) is 0.108. The number of carboxylic acid groups (broad SMARTS) is 1. The second kappa shape index (κ2) is 14.9. The second-order valence-electron chi connectivity index (χ2n) is 11.8. The summed E-state index contributed by atoms with van der Waals surface area (Å²) in [6, 6.07) is 17.4. The number of carbonyl (C=O) groups is 2. The van der Waals surface area contributed by atoms with Crippen LogP contribution in [0, 0.1) is 0 Å². The van der Waals surface area contributed by atoms with Gasteiger partial charge in [0.1, 0.15) is 5.56 Å². The Kier molecular flexibility index (Phi) is 9.96. The first-order chi connectivity index (χ1) is 27.2. The molecule has 0 radical (unpaired) electrons. The normalized spacial score (nSPS) is 11.7. The average Bonchev–Trinajstić information content (AvgIpc) is 3.96. The first-order valence-corrected chi connectivity index (χ1v) is 17.1. The van der Waals surface area contributed by atoms with Gasteiger partial charge in [-0.1, -0.05) is 12.1 Å². The van der Waals surface area contributed by atoms with Crippen molar-refractivity contribution in [1.82, 2.24) is 34.5 Å². The van der Waals surface area contributed by atoms with Crippen LogP contribution in [0.4, 0.5) is 32.0 Å². The Morgan fingerprint density at radius 1 is 0.702 bits per heavy atom. The number of nitrogens with zero attached hydrogens (tertiary/aromatic N) is 7. The molecule has 57 heavy (non-hydrogen) atoms. The number of halogens is 6. The predicted octanol–water partition coefficient (Wildman–Crippen LogP) is 8.46. The summed E-state index contributed by atoms with van der Waals surface area (Å²) < 4.78 is 95.1. The fourth-order valence-electron chi connectivity index (χ4n) is 6.09. The van der Waals surface area contributed by atoms with Crippen LogP contribution in [0.15, 0.2) is 97.0 Å². The molecule has 5 aromatic heterocycles. The Hall–Kier alpha value is -7.09. The maximum atomic E-state index is 14.2. The topological polar surface area (TPSA) is 159 Å². The number of anilines is 1. The second-order valence-corrected chi connectivity index (χ2v) is 12.7. The number of pyridine rings is 2. The summed E-state index contributed by atoms with van der Waals surface area (Å²) in [5, 5.41) is 20.9. The van der Waals surface area contributed by atoms with Gasteiger partial charge in [0.25, 0.3) is 5.91 Å². The van der Waals surface area contributed by atoms with Crippen LogP contribution in [0.3, 0.4) is 0 Å². The van der Waals surface area contributed by atoms with Crippen molar-refractivity contribution < 1.29 is 50.5 Å². The van der Waals surface area contributed by atoms with Gasteiger partial charge in [0.2, 0.25) is 11.8 Å². The maximum absolute atomic E-state index is 14.2. The Morgan fingerprint density at radius 2 is 1.23 bits per heavy atom. The standard InChI is InChI=1S/C22H14F3N5O2S.C15H10F3N3O3/c1-32-21-14-3-2-4-17(13(14)7-8-26-21)30-19(22(23,24)25)15(10-28-30)20(31)29-12-5-6-18-16(9-12)27-11-33-18;1-24-13-9-3-2-4-11(8(9)5-6-19-13)21-12(15(16,17)18)10(7-20-21)14(22)23/h2-11H,1H3,(H,29,31);2-7H,1H3,(H,22,23). The van der Waals surface area contributed by atoms with Crippen LogP contribution in [-0.4, -0.2) is 65.7 Å². The summed E-state index contributed by atoms with van der Waals surface area (Å²) in [5.41, 5.74) is -1.20. The first-order valence-electron chi connectivity index (χ1n) is 16.2. The number of aromatic nitrogens is 7. The van der Waals surface area contributed by atoms with E-state index in [2.05, 4.69) is 30.5 Å². The van der Waals surface area contributed by atoms with Crippen LogP contribution < -0.4 is 14.8 Å². The molecule has 5 heterocycles. The summed E-state index contributed by atoms with van der Waals surface area (Å²) in [6.07, 6.45) is -5.31. The van der Waals surface area contributed by atoms with E-state index in [0.29, 0.717) is 43.6 Å². The largest absolute Gasteiger partial charge is 0.481 e. The zero-order chi connectivity index (χ0) is 40.6. The Balaban J connectivity index is 0.000000183. The highest BCUT2D eigenvalue weighted by atomic mass is 32.1.